The molecule has 0 saturated heterocycles. The van der Waals surface area contributed by atoms with Crippen LogP contribution in [-0.2, 0) is 4.79 Å². The first-order valence-corrected chi connectivity index (χ1v) is 4.77. The Bertz CT molecular complexity index is 163. The van der Waals surface area contributed by atoms with Crippen molar-refractivity contribution in [3.05, 3.63) is 0 Å². The smallest absolute Gasteiger partial charge is 0.235 e. The molecule has 0 aliphatic heterocycles. The number of halogens is 1. The number of alkyl halides is 1. The van der Waals surface area contributed by atoms with Gasteiger partial charge in [0.15, 0.2) is 0 Å². The lowest BCUT2D eigenvalue weighted by Gasteiger charge is -2.17. The van der Waals surface area contributed by atoms with Gasteiger partial charge in [0.25, 0.3) is 0 Å². The van der Waals surface area contributed by atoms with E-state index in [-0.39, 0.29) is 30.4 Å². The van der Waals surface area contributed by atoms with E-state index in [1.165, 1.54) is 0 Å². The van der Waals surface area contributed by atoms with E-state index in [1.807, 2.05) is 0 Å². The van der Waals surface area contributed by atoms with E-state index in [0.717, 1.165) is 19.3 Å². The van der Waals surface area contributed by atoms with Crippen molar-refractivity contribution in [1.82, 2.24) is 5.32 Å². The van der Waals surface area contributed by atoms with Crippen molar-refractivity contribution in [2.24, 2.45) is 5.92 Å². The molecule has 0 radical (unpaired) electrons. The van der Waals surface area contributed by atoms with Crippen molar-refractivity contribution in [2.75, 3.05) is 12.5 Å². The molecule has 1 saturated carbocycles. The second kappa shape index (κ2) is 4.67. The zero-order valence-corrected chi connectivity index (χ0v) is 7.68. The first kappa shape index (κ1) is 9.81. The summed E-state index contributed by atoms with van der Waals surface area (Å²) in [6.07, 6.45) is 3.05. The average molecular weight is 192 g/mol. The largest absolute Gasteiger partial charge is 0.396 e. The molecule has 1 aliphatic carbocycles. The van der Waals surface area contributed by atoms with Gasteiger partial charge in [-0.05, 0) is 12.8 Å². The number of aliphatic hydroxyl groups is 1. The predicted octanol–water partition coefficient (Wildman–Crippen LogP) is 0.502. The Labute approximate surface area is 77.1 Å². The van der Waals surface area contributed by atoms with Gasteiger partial charge in [0.2, 0.25) is 5.91 Å². The molecule has 3 nitrogen and oxygen atoms in total. The van der Waals surface area contributed by atoms with Gasteiger partial charge in [0.05, 0.1) is 0 Å². The molecule has 2 unspecified atom stereocenters. The van der Waals surface area contributed by atoms with Gasteiger partial charge in [-0.2, -0.15) is 0 Å². The number of carbonyl (C=O) groups excluding carboxylic acids is 1. The summed E-state index contributed by atoms with van der Waals surface area (Å²) in [5, 5.41) is 11.7. The van der Waals surface area contributed by atoms with Crippen molar-refractivity contribution in [3.8, 4) is 0 Å². The monoisotopic (exact) mass is 191 g/mol. The third-order valence-corrected chi connectivity index (χ3v) is 2.60. The van der Waals surface area contributed by atoms with Crippen LogP contribution in [0.3, 0.4) is 0 Å². The highest BCUT2D eigenvalue weighted by Gasteiger charge is 2.27. The molecule has 0 heterocycles. The summed E-state index contributed by atoms with van der Waals surface area (Å²) in [6.45, 7) is 0.160. The number of carbonyl (C=O) groups is 1. The molecule has 0 spiro atoms. The number of aliphatic hydroxyl groups excluding tert-OH is 1. The maximum atomic E-state index is 10.9. The molecule has 1 fully saturated rings. The highest BCUT2D eigenvalue weighted by molar-refractivity contribution is 6.27. The minimum Gasteiger partial charge on any atom is -0.396 e. The van der Waals surface area contributed by atoms with Crippen LogP contribution in [0.2, 0.25) is 0 Å². The van der Waals surface area contributed by atoms with E-state index < -0.39 is 0 Å². The summed E-state index contributed by atoms with van der Waals surface area (Å²) in [5.41, 5.74) is 0. The molecule has 1 amide bonds. The van der Waals surface area contributed by atoms with Gasteiger partial charge in [0.1, 0.15) is 5.88 Å². The summed E-state index contributed by atoms with van der Waals surface area (Å²) >= 11 is 5.35. The van der Waals surface area contributed by atoms with Gasteiger partial charge < -0.3 is 10.4 Å². The van der Waals surface area contributed by atoms with Gasteiger partial charge >= 0.3 is 0 Å². The first-order valence-electron chi connectivity index (χ1n) is 4.24. The van der Waals surface area contributed by atoms with Crippen LogP contribution in [0.25, 0.3) is 0 Å². The molecule has 0 aromatic carbocycles. The van der Waals surface area contributed by atoms with E-state index in [9.17, 15) is 4.79 Å². The van der Waals surface area contributed by atoms with Crippen molar-refractivity contribution in [2.45, 2.75) is 25.3 Å². The van der Waals surface area contributed by atoms with Crippen LogP contribution in [0, 0.1) is 5.92 Å². The Balaban J connectivity index is 2.35. The number of hydrogen-bond donors (Lipinski definition) is 2. The summed E-state index contributed by atoms with van der Waals surface area (Å²) in [4.78, 5) is 10.9. The third kappa shape index (κ3) is 2.35. The molecule has 0 bridgehead atoms. The second-order valence-electron chi connectivity index (χ2n) is 3.18. The average Bonchev–Trinajstić information content (AvgIpc) is 2.51. The van der Waals surface area contributed by atoms with Crippen LogP contribution >= 0.6 is 11.6 Å². The normalized spacial score (nSPS) is 28.8. The minimum atomic E-state index is -0.137. The Morgan fingerprint density at radius 1 is 1.58 bits per heavy atom. The van der Waals surface area contributed by atoms with Crippen molar-refractivity contribution in [3.63, 3.8) is 0 Å². The lowest BCUT2D eigenvalue weighted by atomic mass is 10.1. The lowest BCUT2D eigenvalue weighted by molar-refractivity contribution is -0.119. The van der Waals surface area contributed by atoms with Crippen LogP contribution in [0.15, 0.2) is 0 Å². The van der Waals surface area contributed by atoms with Gasteiger partial charge in [-0.3, -0.25) is 4.79 Å². The van der Waals surface area contributed by atoms with E-state index in [1.54, 1.807) is 0 Å². The zero-order chi connectivity index (χ0) is 8.97. The molecular formula is C8H14ClNO2. The van der Waals surface area contributed by atoms with E-state index >= 15 is 0 Å². The number of amides is 1. The fourth-order valence-electron chi connectivity index (χ4n) is 1.69. The number of nitrogens with one attached hydrogen (secondary N) is 1. The van der Waals surface area contributed by atoms with E-state index in [0.29, 0.717) is 0 Å². The Morgan fingerprint density at radius 3 is 2.92 bits per heavy atom. The van der Waals surface area contributed by atoms with Gasteiger partial charge in [-0.1, -0.05) is 6.42 Å². The summed E-state index contributed by atoms with van der Waals surface area (Å²) < 4.78 is 0. The van der Waals surface area contributed by atoms with Gasteiger partial charge in [0, 0.05) is 18.6 Å². The summed E-state index contributed by atoms with van der Waals surface area (Å²) in [7, 11) is 0. The molecule has 1 rings (SSSR count). The maximum absolute atomic E-state index is 10.9. The number of rotatable bonds is 3. The van der Waals surface area contributed by atoms with Crippen LogP contribution in [-0.4, -0.2) is 29.5 Å². The summed E-state index contributed by atoms with van der Waals surface area (Å²) in [6, 6.07) is 0.140. The molecule has 2 atom stereocenters. The topological polar surface area (TPSA) is 49.3 Å². The molecule has 4 heteroatoms. The lowest BCUT2D eigenvalue weighted by Crippen LogP contribution is -2.39. The molecule has 1 aliphatic rings. The van der Waals surface area contributed by atoms with Gasteiger partial charge in [-0.25, -0.2) is 0 Å². The highest BCUT2D eigenvalue weighted by Crippen LogP contribution is 2.24. The predicted molar refractivity (Wildman–Crippen MR) is 47.1 cm³/mol. The van der Waals surface area contributed by atoms with E-state index in [4.69, 9.17) is 16.7 Å². The molecule has 12 heavy (non-hydrogen) atoms. The molecular weight excluding hydrogens is 178 g/mol. The van der Waals surface area contributed by atoms with Crippen molar-refractivity contribution in [1.29, 1.82) is 0 Å². The van der Waals surface area contributed by atoms with Gasteiger partial charge in [-0.15, -0.1) is 11.6 Å². The molecule has 2 N–H and O–H groups in total. The van der Waals surface area contributed by atoms with Crippen molar-refractivity contribution < 1.29 is 9.90 Å². The molecule has 0 aromatic rings. The quantitative estimate of drug-likeness (QED) is 0.639. The SMILES string of the molecule is O=C(CCl)NC1CCCC1CO. The Kier molecular flexibility index (Phi) is 3.82. The highest BCUT2D eigenvalue weighted by atomic mass is 35.5. The fourth-order valence-corrected chi connectivity index (χ4v) is 1.77. The third-order valence-electron chi connectivity index (χ3n) is 2.36. The van der Waals surface area contributed by atoms with Crippen molar-refractivity contribution >= 4 is 17.5 Å². The maximum Gasteiger partial charge on any atom is 0.235 e. The Morgan fingerprint density at radius 2 is 2.33 bits per heavy atom. The number of hydrogen-bond acceptors (Lipinski definition) is 2. The second-order valence-corrected chi connectivity index (χ2v) is 3.45. The summed E-state index contributed by atoms with van der Waals surface area (Å²) in [5.74, 6) is 0.105. The standard InChI is InChI=1S/C8H14ClNO2/c9-4-8(12)10-7-3-1-2-6(7)5-11/h6-7,11H,1-5H2,(H,10,12). The van der Waals surface area contributed by atoms with Crippen LogP contribution in [0.4, 0.5) is 0 Å². The van der Waals surface area contributed by atoms with Crippen LogP contribution < -0.4 is 5.32 Å². The molecule has 0 aromatic heterocycles. The first-order chi connectivity index (χ1) is 5.77. The Hall–Kier alpha value is -0.280. The minimum absolute atomic E-state index is 0.00858. The van der Waals surface area contributed by atoms with Crippen LogP contribution in [0.1, 0.15) is 19.3 Å². The van der Waals surface area contributed by atoms with Crippen LogP contribution in [0.5, 0.6) is 0 Å². The molecule has 70 valence electrons. The van der Waals surface area contributed by atoms with E-state index in [2.05, 4.69) is 5.32 Å². The fraction of sp³-hybridized carbons (Fsp3) is 0.875. The zero-order valence-electron chi connectivity index (χ0n) is 6.92.